The summed E-state index contributed by atoms with van der Waals surface area (Å²) >= 11 is 0. The van der Waals surface area contributed by atoms with Gasteiger partial charge in [0.15, 0.2) is 0 Å². The molecule has 2 fully saturated rings. The van der Waals surface area contributed by atoms with Crippen LogP contribution in [-0.4, -0.2) is 61.0 Å². The molecule has 0 aromatic rings. The van der Waals surface area contributed by atoms with E-state index in [2.05, 4.69) is 10.2 Å². The molecule has 4 heteroatoms. The molecule has 2 atom stereocenters. The number of nitrogens with one attached hydrogen (secondary N) is 1. The van der Waals surface area contributed by atoms with Crippen LogP contribution in [0.1, 0.15) is 13.3 Å². The van der Waals surface area contributed by atoms with Gasteiger partial charge >= 0.3 is 0 Å². The lowest BCUT2D eigenvalue weighted by Gasteiger charge is -2.45. The van der Waals surface area contributed by atoms with Gasteiger partial charge in [-0.15, -0.1) is 0 Å². The molecular formula is C10H20N2O2. The van der Waals surface area contributed by atoms with E-state index in [-0.39, 0.29) is 6.04 Å². The number of nitrogens with zero attached hydrogens (tertiary/aromatic N) is 1. The summed E-state index contributed by atoms with van der Waals surface area (Å²) in [5.74, 6) is 0. The number of piperazine rings is 1. The third-order valence-electron chi connectivity index (χ3n) is 3.34. The lowest BCUT2D eigenvalue weighted by atomic mass is 9.90. The molecule has 0 spiro atoms. The molecule has 0 bridgehead atoms. The molecule has 0 aromatic carbocycles. The molecule has 2 aliphatic heterocycles. The molecule has 0 aromatic heterocycles. The highest BCUT2D eigenvalue weighted by molar-refractivity contribution is 4.93. The first-order valence-electron chi connectivity index (χ1n) is 5.45. The van der Waals surface area contributed by atoms with Crippen LogP contribution in [0.4, 0.5) is 0 Å². The Hall–Kier alpha value is -0.160. The fraction of sp³-hybridized carbons (Fsp3) is 1.00. The second-order valence-electron chi connectivity index (χ2n) is 4.48. The van der Waals surface area contributed by atoms with Crippen molar-refractivity contribution in [3.8, 4) is 0 Å². The Balaban J connectivity index is 1.99. The maximum Gasteiger partial charge on any atom is 0.0818 e. The molecular weight excluding hydrogens is 180 g/mol. The average Bonchev–Trinajstić information content (AvgIpc) is 2.18. The van der Waals surface area contributed by atoms with Crippen molar-refractivity contribution in [2.45, 2.75) is 25.0 Å². The van der Waals surface area contributed by atoms with Gasteiger partial charge in [0.25, 0.3) is 0 Å². The molecule has 14 heavy (non-hydrogen) atoms. The van der Waals surface area contributed by atoms with Gasteiger partial charge in [-0.2, -0.15) is 0 Å². The largest absolute Gasteiger partial charge is 0.388 e. The average molecular weight is 200 g/mol. The van der Waals surface area contributed by atoms with Crippen LogP contribution in [0.5, 0.6) is 0 Å². The van der Waals surface area contributed by atoms with Crippen LogP contribution in [-0.2, 0) is 4.74 Å². The third-order valence-corrected chi connectivity index (χ3v) is 3.34. The van der Waals surface area contributed by atoms with Crippen molar-refractivity contribution in [2.75, 3.05) is 39.4 Å². The van der Waals surface area contributed by atoms with E-state index in [0.717, 1.165) is 32.6 Å². The molecule has 0 radical (unpaired) electrons. The van der Waals surface area contributed by atoms with Crippen LogP contribution >= 0.6 is 0 Å². The second-order valence-corrected chi connectivity index (χ2v) is 4.48. The monoisotopic (exact) mass is 200 g/mol. The number of hydrogen-bond acceptors (Lipinski definition) is 4. The molecule has 2 saturated heterocycles. The van der Waals surface area contributed by atoms with E-state index in [0.29, 0.717) is 13.2 Å². The van der Waals surface area contributed by atoms with Crippen LogP contribution < -0.4 is 5.32 Å². The minimum atomic E-state index is -0.574. The summed E-state index contributed by atoms with van der Waals surface area (Å²) < 4.78 is 5.45. The van der Waals surface area contributed by atoms with Gasteiger partial charge in [0.05, 0.1) is 18.2 Å². The zero-order valence-corrected chi connectivity index (χ0v) is 8.83. The van der Waals surface area contributed by atoms with Gasteiger partial charge in [0.1, 0.15) is 0 Å². The molecule has 4 nitrogen and oxygen atoms in total. The van der Waals surface area contributed by atoms with E-state index in [4.69, 9.17) is 4.74 Å². The van der Waals surface area contributed by atoms with Crippen LogP contribution in [0.2, 0.25) is 0 Å². The van der Waals surface area contributed by atoms with Gasteiger partial charge in [-0.1, -0.05) is 0 Å². The van der Waals surface area contributed by atoms with Crippen LogP contribution in [0.25, 0.3) is 0 Å². The molecule has 2 rings (SSSR count). The lowest BCUT2D eigenvalue weighted by Crippen LogP contribution is -2.60. The van der Waals surface area contributed by atoms with Crippen molar-refractivity contribution in [3.05, 3.63) is 0 Å². The van der Waals surface area contributed by atoms with E-state index < -0.39 is 5.60 Å². The van der Waals surface area contributed by atoms with Crippen molar-refractivity contribution < 1.29 is 9.84 Å². The second kappa shape index (κ2) is 4.14. The number of hydrogen-bond donors (Lipinski definition) is 2. The molecule has 0 aliphatic carbocycles. The van der Waals surface area contributed by atoms with Crippen molar-refractivity contribution in [1.82, 2.24) is 10.2 Å². The Morgan fingerprint density at radius 1 is 1.43 bits per heavy atom. The fourth-order valence-electron chi connectivity index (χ4n) is 2.31. The third kappa shape index (κ3) is 2.08. The van der Waals surface area contributed by atoms with Gasteiger partial charge in [-0.25, -0.2) is 0 Å². The van der Waals surface area contributed by atoms with E-state index in [1.54, 1.807) is 0 Å². The SMILES string of the molecule is CC1(O)CCOCC1N1CCNCC1. The van der Waals surface area contributed by atoms with Gasteiger partial charge < -0.3 is 15.2 Å². The number of ether oxygens (including phenoxy) is 1. The summed E-state index contributed by atoms with van der Waals surface area (Å²) in [7, 11) is 0. The molecule has 2 heterocycles. The van der Waals surface area contributed by atoms with E-state index in [1.807, 2.05) is 6.92 Å². The van der Waals surface area contributed by atoms with Gasteiger partial charge in [-0.05, 0) is 6.92 Å². The Morgan fingerprint density at radius 2 is 2.14 bits per heavy atom. The lowest BCUT2D eigenvalue weighted by molar-refractivity contribution is -0.120. The summed E-state index contributed by atoms with van der Waals surface area (Å²) in [4.78, 5) is 2.34. The van der Waals surface area contributed by atoms with Crippen LogP contribution in [0.3, 0.4) is 0 Å². The highest BCUT2D eigenvalue weighted by Crippen LogP contribution is 2.24. The van der Waals surface area contributed by atoms with E-state index >= 15 is 0 Å². The Bertz CT molecular complexity index is 191. The molecule has 0 amide bonds. The summed E-state index contributed by atoms with van der Waals surface area (Å²) in [6.07, 6.45) is 0.752. The summed E-state index contributed by atoms with van der Waals surface area (Å²) in [5, 5.41) is 13.6. The maximum absolute atomic E-state index is 10.2. The zero-order valence-electron chi connectivity index (χ0n) is 8.83. The molecule has 0 saturated carbocycles. The predicted molar refractivity (Wildman–Crippen MR) is 54.3 cm³/mol. The summed E-state index contributed by atoms with van der Waals surface area (Å²) in [6.45, 7) is 7.37. The van der Waals surface area contributed by atoms with Crippen molar-refractivity contribution in [3.63, 3.8) is 0 Å². The summed E-state index contributed by atoms with van der Waals surface area (Å²) in [6, 6.07) is 0.179. The first-order valence-corrected chi connectivity index (χ1v) is 5.45. The quantitative estimate of drug-likeness (QED) is 0.595. The standard InChI is InChI=1S/C10H20N2O2/c1-10(13)2-7-14-8-9(10)12-5-3-11-4-6-12/h9,11,13H,2-8H2,1H3. The van der Waals surface area contributed by atoms with Crippen molar-refractivity contribution in [1.29, 1.82) is 0 Å². The Morgan fingerprint density at radius 3 is 2.79 bits per heavy atom. The molecule has 2 aliphatic rings. The topological polar surface area (TPSA) is 44.7 Å². The summed E-state index contributed by atoms with van der Waals surface area (Å²) in [5.41, 5.74) is -0.574. The highest BCUT2D eigenvalue weighted by Gasteiger charge is 2.39. The number of aliphatic hydroxyl groups is 1. The van der Waals surface area contributed by atoms with Gasteiger partial charge in [0.2, 0.25) is 0 Å². The van der Waals surface area contributed by atoms with Crippen LogP contribution in [0.15, 0.2) is 0 Å². The Labute approximate surface area is 85.2 Å². The normalized spacial score (nSPS) is 41.1. The van der Waals surface area contributed by atoms with Gasteiger partial charge in [0, 0.05) is 39.2 Å². The van der Waals surface area contributed by atoms with E-state index in [9.17, 15) is 5.11 Å². The van der Waals surface area contributed by atoms with Crippen molar-refractivity contribution in [2.24, 2.45) is 0 Å². The van der Waals surface area contributed by atoms with Gasteiger partial charge in [-0.3, -0.25) is 4.90 Å². The fourth-order valence-corrected chi connectivity index (χ4v) is 2.31. The Kier molecular flexibility index (Phi) is 3.07. The minimum absolute atomic E-state index is 0.179. The molecule has 2 unspecified atom stereocenters. The maximum atomic E-state index is 10.2. The van der Waals surface area contributed by atoms with Crippen LogP contribution in [0, 0.1) is 0 Å². The first-order chi connectivity index (χ1) is 6.70. The van der Waals surface area contributed by atoms with E-state index in [1.165, 1.54) is 0 Å². The highest BCUT2D eigenvalue weighted by atomic mass is 16.5. The van der Waals surface area contributed by atoms with Crippen molar-refractivity contribution >= 4 is 0 Å². The first kappa shape index (κ1) is 10.4. The molecule has 82 valence electrons. The zero-order chi connectivity index (χ0) is 10.0. The predicted octanol–water partition coefficient (Wildman–Crippen LogP) is -0.568. The smallest absolute Gasteiger partial charge is 0.0818 e. The minimum Gasteiger partial charge on any atom is -0.388 e. The number of rotatable bonds is 1. The molecule has 2 N–H and O–H groups in total.